The van der Waals surface area contributed by atoms with Crippen molar-refractivity contribution in [3.63, 3.8) is 0 Å². The second-order valence-corrected chi connectivity index (χ2v) is 7.24. The molecule has 2 aromatic heterocycles. The lowest BCUT2D eigenvalue weighted by Crippen LogP contribution is -2.15. The molecule has 0 spiro atoms. The van der Waals surface area contributed by atoms with Crippen LogP contribution in [0, 0.1) is 0 Å². The third-order valence-electron chi connectivity index (χ3n) is 4.20. The van der Waals surface area contributed by atoms with E-state index in [2.05, 4.69) is 36.1 Å². The molecule has 3 aromatic rings. The molecule has 32 heavy (non-hydrogen) atoms. The second kappa shape index (κ2) is 10.7. The Labute approximate surface area is 189 Å². The number of fused-ring (bicyclic) bond motifs is 1. The molecule has 0 bridgehead atoms. The number of hydrogen-bond acceptors (Lipinski definition) is 11. The summed E-state index contributed by atoms with van der Waals surface area (Å²) in [5.74, 6) is 2.59. The van der Waals surface area contributed by atoms with Gasteiger partial charge in [-0.1, -0.05) is 11.8 Å². The van der Waals surface area contributed by atoms with Crippen molar-refractivity contribution in [3.05, 3.63) is 12.1 Å². The molecule has 3 rings (SSSR count). The molecule has 1 amide bonds. The Morgan fingerprint density at radius 1 is 1.00 bits per heavy atom. The van der Waals surface area contributed by atoms with E-state index in [-0.39, 0.29) is 11.7 Å². The van der Waals surface area contributed by atoms with Crippen LogP contribution in [0.4, 0.5) is 17.6 Å². The molecule has 1 aromatic carbocycles. The predicted octanol–water partition coefficient (Wildman–Crippen LogP) is 2.14. The number of nitrogens with one attached hydrogen (secondary N) is 3. The van der Waals surface area contributed by atoms with E-state index in [1.165, 1.54) is 33.1 Å². The Bertz CT molecular complexity index is 1070. The zero-order valence-electron chi connectivity index (χ0n) is 18.6. The Morgan fingerprint density at radius 2 is 1.69 bits per heavy atom. The number of methoxy groups -OCH3 is 3. The van der Waals surface area contributed by atoms with Crippen LogP contribution in [0.15, 0.2) is 17.3 Å². The largest absolute Gasteiger partial charge is 0.493 e. The van der Waals surface area contributed by atoms with E-state index < -0.39 is 0 Å². The summed E-state index contributed by atoms with van der Waals surface area (Å²) in [6.07, 6.45) is 0. The first-order valence-corrected chi connectivity index (χ1v) is 10.9. The van der Waals surface area contributed by atoms with Crippen LogP contribution in [-0.4, -0.2) is 70.6 Å². The molecule has 12 nitrogen and oxygen atoms in total. The first kappa shape index (κ1) is 23.2. The normalized spacial score (nSPS) is 10.7. The number of ether oxygens (including phenoxy) is 3. The third-order valence-corrected chi connectivity index (χ3v) is 5.13. The van der Waals surface area contributed by atoms with Crippen molar-refractivity contribution in [2.75, 3.05) is 56.1 Å². The fourth-order valence-corrected chi connectivity index (χ4v) is 3.61. The molecule has 0 aliphatic rings. The summed E-state index contributed by atoms with van der Waals surface area (Å²) in [6, 6.07) is 3.32. The van der Waals surface area contributed by atoms with Crippen molar-refractivity contribution < 1.29 is 19.0 Å². The number of hydrogen-bond donors (Lipinski definition) is 3. The van der Waals surface area contributed by atoms with Crippen molar-refractivity contribution in [2.45, 2.75) is 19.0 Å². The van der Waals surface area contributed by atoms with E-state index in [0.29, 0.717) is 58.9 Å². The van der Waals surface area contributed by atoms with Crippen LogP contribution in [0.3, 0.4) is 0 Å². The highest BCUT2D eigenvalue weighted by Gasteiger charge is 2.17. The summed E-state index contributed by atoms with van der Waals surface area (Å²) >= 11 is 1.22. The maximum absolute atomic E-state index is 12.6. The van der Waals surface area contributed by atoms with Gasteiger partial charge in [0.15, 0.2) is 16.7 Å². The molecule has 0 saturated heterocycles. The standard InChI is InChI=1S/C19H26N8O4S/c1-6-20-16-23-17(21-7-2)27-18(24-16)25-26-19(27)32-10-14(28)22-11-8-12(29-3)15(31-5)13(9-11)30-4/h8-9H,6-7,10H2,1-5H3,(H,22,28)(H2,20,21,23,24,25). The summed E-state index contributed by atoms with van der Waals surface area (Å²) in [7, 11) is 4.55. The summed E-state index contributed by atoms with van der Waals surface area (Å²) in [6.45, 7) is 5.25. The van der Waals surface area contributed by atoms with Gasteiger partial charge in [0.05, 0.1) is 27.1 Å². The van der Waals surface area contributed by atoms with Crippen LogP contribution in [0.1, 0.15) is 13.8 Å². The number of carbonyl (C=O) groups is 1. The van der Waals surface area contributed by atoms with Crippen LogP contribution in [-0.2, 0) is 4.79 Å². The van der Waals surface area contributed by atoms with Gasteiger partial charge in [-0.15, -0.1) is 10.2 Å². The smallest absolute Gasteiger partial charge is 0.261 e. The Balaban J connectivity index is 1.76. The molecular weight excluding hydrogens is 436 g/mol. The molecule has 0 atom stereocenters. The van der Waals surface area contributed by atoms with Crippen LogP contribution in [0.2, 0.25) is 0 Å². The Kier molecular flexibility index (Phi) is 7.76. The lowest BCUT2D eigenvalue weighted by atomic mass is 10.2. The minimum absolute atomic E-state index is 0.0952. The molecule has 13 heteroatoms. The van der Waals surface area contributed by atoms with Crippen molar-refractivity contribution >= 4 is 41.0 Å². The number of nitrogens with zero attached hydrogens (tertiary/aromatic N) is 5. The zero-order chi connectivity index (χ0) is 23.1. The Hall–Kier alpha value is -3.48. The number of carbonyl (C=O) groups excluding carboxylic acids is 1. The number of amides is 1. The molecule has 3 N–H and O–H groups in total. The van der Waals surface area contributed by atoms with Gasteiger partial charge >= 0.3 is 0 Å². The average molecular weight is 463 g/mol. The number of rotatable bonds is 11. The van der Waals surface area contributed by atoms with Gasteiger partial charge in [-0.05, 0) is 13.8 Å². The van der Waals surface area contributed by atoms with Crippen molar-refractivity contribution in [1.82, 2.24) is 24.6 Å². The molecular formula is C19H26N8O4S. The number of aromatic nitrogens is 5. The maximum Gasteiger partial charge on any atom is 0.261 e. The van der Waals surface area contributed by atoms with Gasteiger partial charge in [-0.3, -0.25) is 4.79 Å². The molecule has 0 aliphatic carbocycles. The molecule has 2 heterocycles. The van der Waals surface area contributed by atoms with E-state index in [4.69, 9.17) is 14.2 Å². The topological polar surface area (TPSA) is 137 Å². The van der Waals surface area contributed by atoms with Crippen molar-refractivity contribution in [2.24, 2.45) is 0 Å². The summed E-state index contributed by atoms with van der Waals surface area (Å²) < 4.78 is 17.6. The summed E-state index contributed by atoms with van der Waals surface area (Å²) in [4.78, 5) is 21.4. The van der Waals surface area contributed by atoms with Gasteiger partial charge < -0.3 is 30.2 Å². The first-order valence-electron chi connectivity index (χ1n) is 9.88. The van der Waals surface area contributed by atoms with E-state index >= 15 is 0 Å². The number of thioether (sulfide) groups is 1. The third kappa shape index (κ3) is 5.04. The van der Waals surface area contributed by atoms with Gasteiger partial charge in [0.25, 0.3) is 5.78 Å². The van der Waals surface area contributed by atoms with Crippen LogP contribution >= 0.6 is 11.8 Å². The monoisotopic (exact) mass is 462 g/mol. The molecule has 0 aliphatic heterocycles. The molecule has 0 fully saturated rings. The van der Waals surface area contributed by atoms with E-state index in [1.54, 1.807) is 16.5 Å². The van der Waals surface area contributed by atoms with Crippen molar-refractivity contribution in [3.8, 4) is 17.2 Å². The van der Waals surface area contributed by atoms with Gasteiger partial charge in [0.2, 0.25) is 23.6 Å². The van der Waals surface area contributed by atoms with Crippen LogP contribution in [0.25, 0.3) is 5.78 Å². The fraction of sp³-hybridized carbons (Fsp3) is 0.421. The SMILES string of the molecule is CCNc1nc(NCC)n2c(SCC(=O)Nc3cc(OC)c(OC)c(OC)c3)nnc2n1. The predicted molar refractivity (Wildman–Crippen MR) is 122 cm³/mol. The van der Waals surface area contributed by atoms with Gasteiger partial charge in [-0.2, -0.15) is 9.97 Å². The highest BCUT2D eigenvalue weighted by molar-refractivity contribution is 7.99. The Morgan fingerprint density at radius 3 is 2.28 bits per heavy atom. The molecule has 0 unspecified atom stereocenters. The van der Waals surface area contributed by atoms with Crippen LogP contribution < -0.4 is 30.2 Å². The average Bonchev–Trinajstić information content (AvgIpc) is 3.20. The lowest BCUT2D eigenvalue weighted by Gasteiger charge is -2.14. The quantitative estimate of drug-likeness (QED) is 0.361. The lowest BCUT2D eigenvalue weighted by molar-refractivity contribution is -0.113. The summed E-state index contributed by atoms with van der Waals surface area (Å²) in [5.41, 5.74) is 0.517. The zero-order valence-corrected chi connectivity index (χ0v) is 19.4. The maximum atomic E-state index is 12.6. The second-order valence-electron chi connectivity index (χ2n) is 6.30. The first-order chi connectivity index (χ1) is 15.5. The van der Waals surface area contributed by atoms with E-state index in [0.717, 1.165) is 0 Å². The van der Waals surface area contributed by atoms with E-state index in [9.17, 15) is 4.79 Å². The van der Waals surface area contributed by atoms with Crippen molar-refractivity contribution in [1.29, 1.82) is 0 Å². The highest BCUT2D eigenvalue weighted by Crippen LogP contribution is 2.40. The van der Waals surface area contributed by atoms with E-state index in [1.807, 2.05) is 13.8 Å². The summed E-state index contributed by atoms with van der Waals surface area (Å²) in [5, 5.41) is 17.9. The van der Waals surface area contributed by atoms with Gasteiger partial charge in [-0.25, -0.2) is 4.40 Å². The molecule has 0 radical (unpaired) electrons. The minimum Gasteiger partial charge on any atom is -0.493 e. The minimum atomic E-state index is -0.240. The fourth-order valence-electron chi connectivity index (χ4n) is 2.88. The van der Waals surface area contributed by atoms with Gasteiger partial charge in [0, 0.05) is 30.9 Å². The van der Waals surface area contributed by atoms with Gasteiger partial charge in [0.1, 0.15) is 0 Å². The van der Waals surface area contributed by atoms with Crippen LogP contribution in [0.5, 0.6) is 17.2 Å². The number of benzene rings is 1. The molecule has 0 saturated carbocycles. The molecule has 172 valence electrons. The highest BCUT2D eigenvalue weighted by atomic mass is 32.2. The number of anilines is 3.